The minimum atomic E-state index is 0.137. The van der Waals surface area contributed by atoms with Crippen molar-refractivity contribution >= 4 is 5.91 Å². The summed E-state index contributed by atoms with van der Waals surface area (Å²) in [7, 11) is 2.28. The van der Waals surface area contributed by atoms with Gasteiger partial charge in [0, 0.05) is 19.5 Å². The minimum absolute atomic E-state index is 0.137. The maximum atomic E-state index is 11.4. The van der Waals surface area contributed by atoms with Crippen LogP contribution in [0.25, 0.3) is 0 Å². The Bertz CT molecular complexity index is 585. The Morgan fingerprint density at radius 1 is 1.15 bits per heavy atom. The molecule has 144 valence electrons. The summed E-state index contributed by atoms with van der Waals surface area (Å²) in [4.78, 5) is 13.9. The molecule has 0 heterocycles. The molecule has 3 unspecified atom stereocenters. The van der Waals surface area contributed by atoms with Crippen LogP contribution in [0.3, 0.4) is 0 Å². The van der Waals surface area contributed by atoms with E-state index in [1.165, 1.54) is 70.9 Å². The molecule has 1 aromatic rings. The van der Waals surface area contributed by atoms with E-state index in [1.54, 1.807) is 18.1 Å². The fourth-order valence-corrected chi connectivity index (χ4v) is 5.10. The predicted molar refractivity (Wildman–Crippen MR) is 108 cm³/mol. The summed E-state index contributed by atoms with van der Waals surface area (Å²) < 4.78 is 0. The van der Waals surface area contributed by atoms with Gasteiger partial charge in [-0.25, -0.2) is 0 Å². The average Bonchev–Trinajstić information content (AvgIpc) is 3.03. The molecule has 0 spiro atoms. The molecule has 3 atom stereocenters. The largest absolute Gasteiger partial charge is 0.353 e. The van der Waals surface area contributed by atoms with Gasteiger partial charge in [-0.15, -0.1) is 0 Å². The molecule has 1 N–H and O–H groups in total. The first-order chi connectivity index (χ1) is 12.6. The van der Waals surface area contributed by atoms with Gasteiger partial charge >= 0.3 is 0 Å². The van der Waals surface area contributed by atoms with Crippen molar-refractivity contribution in [3.05, 3.63) is 35.4 Å². The van der Waals surface area contributed by atoms with E-state index in [0.717, 1.165) is 5.92 Å². The third kappa shape index (κ3) is 5.33. The molecular formula is C23H36N2O. The van der Waals surface area contributed by atoms with Crippen molar-refractivity contribution in [1.82, 2.24) is 10.2 Å². The third-order valence-electron chi connectivity index (χ3n) is 6.45. The number of likely N-dealkylation sites (N-methyl/N-ethyl adjacent to an activating group) is 1. The molecule has 0 bridgehead atoms. The number of carbonyl (C=O) groups excluding carboxylic acids is 1. The maximum absolute atomic E-state index is 11.4. The van der Waals surface area contributed by atoms with Crippen molar-refractivity contribution in [2.24, 2.45) is 5.92 Å². The van der Waals surface area contributed by atoms with Crippen molar-refractivity contribution in [1.29, 1.82) is 0 Å². The fourth-order valence-electron chi connectivity index (χ4n) is 5.10. The van der Waals surface area contributed by atoms with Crippen molar-refractivity contribution in [2.75, 3.05) is 20.1 Å². The zero-order valence-electron chi connectivity index (χ0n) is 16.7. The Balaban J connectivity index is 1.36. The van der Waals surface area contributed by atoms with Gasteiger partial charge in [-0.3, -0.25) is 4.79 Å². The van der Waals surface area contributed by atoms with Gasteiger partial charge in [0.05, 0.1) is 0 Å². The molecule has 3 heteroatoms. The topological polar surface area (TPSA) is 32.3 Å². The van der Waals surface area contributed by atoms with Crippen LogP contribution in [0.5, 0.6) is 0 Å². The Labute approximate surface area is 159 Å². The highest BCUT2D eigenvalue weighted by molar-refractivity contribution is 5.73. The number of hydrogen-bond donors (Lipinski definition) is 1. The number of unbranched alkanes of at least 4 members (excludes halogenated alkanes) is 1. The van der Waals surface area contributed by atoms with Crippen LogP contribution < -0.4 is 5.32 Å². The summed E-state index contributed by atoms with van der Waals surface area (Å²) >= 11 is 0. The van der Waals surface area contributed by atoms with Gasteiger partial charge in [0.25, 0.3) is 0 Å². The van der Waals surface area contributed by atoms with E-state index < -0.39 is 0 Å². The number of hydrogen-bond acceptors (Lipinski definition) is 2. The molecule has 1 aromatic carbocycles. The zero-order valence-corrected chi connectivity index (χ0v) is 16.7. The van der Waals surface area contributed by atoms with Crippen molar-refractivity contribution in [3.63, 3.8) is 0 Å². The number of benzene rings is 1. The second kappa shape index (κ2) is 9.55. The summed E-state index contributed by atoms with van der Waals surface area (Å²) in [5, 5.41) is 3.19. The number of fused-ring (bicyclic) bond motifs is 1. The number of nitrogens with zero attached hydrogens (tertiary/aromatic N) is 1. The van der Waals surface area contributed by atoms with Gasteiger partial charge in [-0.05, 0) is 75.1 Å². The summed E-state index contributed by atoms with van der Waals surface area (Å²) in [6.45, 7) is 4.03. The van der Waals surface area contributed by atoms with Gasteiger partial charge in [-0.2, -0.15) is 0 Å². The molecule has 1 fully saturated rings. The molecule has 0 saturated heterocycles. The maximum Gasteiger partial charge on any atom is 0.217 e. The molecule has 0 aliphatic heterocycles. The first kappa shape index (κ1) is 19.4. The molecule has 1 saturated carbocycles. The van der Waals surface area contributed by atoms with E-state index in [1.807, 2.05) is 0 Å². The van der Waals surface area contributed by atoms with E-state index in [-0.39, 0.29) is 5.91 Å². The lowest BCUT2D eigenvalue weighted by atomic mass is 9.81. The standard InChI is InChI=1S/C23H36N2O/c1-18(26)24-23-13-6-4-10-20(23)11-7-8-16-25(2)17-21-15-14-19-9-3-5-12-22(19)21/h3,5,9,12,20-21,23H,4,6-8,10-11,13-17H2,1-2H3,(H,24,26). The number of aryl methyl sites for hydroxylation is 1. The lowest BCUT2D eigenvalue weighted by Crippen LogP contribution is -2.41. The summed E-state index contributed by atoms with van der Waals surface area (Å²) in [6, 6.07) is 9.41. The number of carbonyl (C=O) groups is 1. The Hall–Kier alpha value is -1.35. The predicted octanol–water partition coefficient (Wildman–Crippen LogP) is 4.51. The average molecular weight is 357 g/mol. The van der Waals surface area contributed by atoms with Crippen LogP contribution in [-0.2, 0) is 11.2 Å². The van der Waals surface area contributed by atoms with Gasteiger partial charge in [0.15, 0.2) is 0 Å². The molecule has 0 aromatic heterocycles. The van der Waals surface area contributed by atoms with E-state index >= 15 is 0 Å². The third-order valence-corrected chi connectivity index (χ3v) is 6.45. The van der Waals surface area contributed by atoms with Crippen LogP contribution in [0.4, 0.5) is 0 Å². The molecule has 0 radical (unpaired) electrons. The number of nitrogens with one attached hydrogen (secondary N) is 1. The van der Waals surface area contributed by atoms with E-state index in [9.17, 15) is 4.79 Å². The summed E-state index contributed by atoms with van der Waals surface area (Å²) in [5.74, 6) is 1.55. The van der Waals surface area contributed by atoms with Crippen molar-refractivity contribution in [2.45, 2.75) is 76.7 Å². The first-order valence-electron chi connectivity index (χ1n) is 10.7. The molecule has 3 rings (SSSR count). The Morgan fingerprint density at radius 2 is 1.96 bits per heavy atom. The van der Waals surface area contributed by atoms with E-state index in [2.05, 4.69) is 41.5 Å². The van der Waals surface area contributed by atoms with Gasteiger partial charge in [-0.1, -0.05) is 43.5 Å². The molecular weight excluding hydrogens is 320 g/mol. The molecule has 3 nitrogen and oxygen atoms in total. The zero-order chi connectivity index (χ0) is 18.4. The van der Waals surface area contributed by atoms with E-state index in [0.29, 0.717) is 12.0 Å². The monoisotopic (exact) mass is 356 g/mol. The first-order valence-corrected chi connectivity index (χ1v) is 10.7. The van der Waals surface area contributed by atoms with E-state index in [4.69, 9.17) is 0 Å². The smallest absolute Gasteiger partial charge is 0.217 e. The second-order valence-electron chi connectivity index (χ2n) is 8.54. The van der Waals surface area contributed by atoms with Crippen LogP contribution in [0.2, 0.25) is 0 Å². The highest BCUT2D eigenvalue weighted by Crippen LogP contribution is 2.33. The highest BCUT2D eigenvalue weighted by atomic mass is 16.1. The van der Waals surface area contributed by atoms with Gasteiger partial charge in [0.1, 0.15) is 0 Å². The Morgan fingerprint density at radius 3 is 2.81 bits per heavy atom. The van der Waals surface area contributed by atoms with Gasteiger partial charge < -0.3 is 10.2 Å². The van der Waals surface area contributed by atoms with Crippen molar-refractivity contribution < 1.29 is 4.79 Å². The molecule has 2 aliphatic carbocycles. The summed E-state index contributed by atoms with van der Waals surface area (Å²) in [5.41, 5.74) is 3.15. The second-order valence-corrected chi connectivity index (χ2v) is 8.54. The SMILES string of the molecule is CC(=O)NC1CCCCC1CCCCN(C)CC1CCc2ccccc21. The number of amides is 1. The lowest BCUT2D eigenvalue weighted by molar-refractivity contribution is -0.120. The summed E-state index contributed by atoms with van der Waals surface area (Å²) in [6.07, 6.45) is 11.5. The normalized spacial score (nSPS) is 25.3. The molecule has 2 aliphatic rings. The minimum Gasteiger partial charge on any atom is -0.353 e. The van der Waals surface area contributed by atoms with Crippen LogP contribution in [0.15, 0.2) is 24.3 Å². The fraction of sp³-hybridized carbons (Fsp3) is 0.696. The van der Waals surface area contributed by atoms with Crippen molar-refractivity contribution in [3.8, 4) is 0 Å². The van der Waals surface area contributed by atoms with Crippen LogP contribution in [-0.4, -0.2) is 37.0 Å². The molecule has 26 heavy (non-hydrogen) atoms. The quantitative estimate of drug-likeness (QED) is 0.695. The number of rotatable bonds is 8. The van der Waals surface area contributed by atoms with Crippen LogP contribution >= 0.6 is 0 Å². The highest BCUT2D eigenvalue weighted by Gasteiger charge is 2.25. The Kier molecular flexibility index (Phi) is 7.13. The lowest BCUT2D eigenvalue weighted by Gasteiger charge is -2.32. The van der Waals surface area contributed by atoms with Crippen LogP contribution in [0.1, 0.15) is 75.3 Å². The van der Waals surface area contributed by atoms with Crippen LogP contribution in [0, 0.1) is 5.92 Å². The molecule has 1 amide bonds. The van der Waals surface area contributed by atoms with Gasteiger partial charge in [0.2, 0.25) is 5.91 Å².